The summed E-state index contributed by atoms with van der Waals surface area (Å²) in [4.78, 5) is 11.0. The van der Waals surface area contributed by atoms with Crippen LogP contribution >= 0.6 is 0 Å². The molecule has 0 aromatic heterocycles. The van der Waals surface area contributed by atoms with Crippen LogP contribution in [-0.4, -0.2) is 13.1 Å². The van der Waals surface area contributed by atoms with Crippen molar-refractivity contribution in [3.05, 3.63) is 35.4 Å². The van der Waals surface area contributed by atoms with E-state index >= 15 is 0 Å². The maximum Gasteiger partial charge on any atom is 0.384 e. The monoisotopic (exact) mass is 214 g/mol. The molecule has 0 bridgehead atoms. The summed E-state index contributed by atoms with van der Waals surface area (Å²) in [5.41, 5.74) is 2.63. The van der Waals surface area contributed by atoms with Crippen LogP contribution in [0.1, 0.15) is 29.9 Å². The molecular formula is C14H14O2. The Morgan fingerprint density at radius 2 is 2.25 bits per heavy atom. The van der Waals surface area contributed by atoms with Gasteiger partial charge in [0, 0.05) is 11.8 Å². The number of ether oxygens (including phenoxy) is 1. The highest BCUT2D eigenvalue weighted by Gasteiger charge is 2.17. The average molecular weight is 214 g/mol. The fourth-order valence-corrected chi connectivity index (χ4v) is 2.10. The summed E-state index contributed by atoms with van der Waals surface area (Å²) in [6.45, 7) is 0. The minimum atomic E-state index is -0.456. The number of hydrogen-bond acceptors (Lipinski definition) is 2. The van der Waals surface area contributed by atoms with Gasteiger partial charge in [0.1, 0.15) is 0 Å². The highest BCUT2D eigenvalue weighted by molar-refractivity contribution is 5.88. The first-order valence-corrected chi connectivity index (χ1v) is 5.48. The molecule has 0 N–H and O–H groups in total. The summed E-state index contributed by atoms with van der Waals surface area (Å²) >= 11 is 0. The maximum absolute atomic E-state index is 11.0. The van der Waals surface area contributed by atoms with Gasteiger partial charge in [0.25, 0.3) is 0 Å². The molecule has 1 unspecified atom stereocenters. The van der Waals surface area contributed by atoms with Crippen molar-refractivity contribution in [3.8, 4) is 11.8 Å². The van der Waals surface area contributed by atoms with Gasteiger partial charge >= 0.3 is 5.97 Å². The van der Waals surface area contributed by atoms with Gasteiger partial charge in [-0.25, -0.2) is 4.79 Å². The Bertz CT molecular complexity index is 451. The van der Waals surface area contributed by atoms with E-state index in [1.807, 2.05) is 6.07 Å². The Kier molecular flexibility index (Phi) is 3.26. The molecule has 1 aromatic rings. The first-order chi connectivity index (χ1) is 7.81. The van der Waals surface area contributed by atoms with Gasteiger partial charge in [-0.05, 0) is 30.4 Å². The standard InChI is InChI=1S/C14H14O2/c1-16-14(15)10-9-12-7-4-6-11-5-2-3-8-13(11)12/h2-3,5,8,12H,4,6-7H2,1H3. The molecular weight excluding hydrogens is 200 g/mol. The van der Waals surface area contributed by atoms with Crippen LogP contribution in [0.15, 0.2) is 24.3 Å². The molecule has 2 nitrogen and oxygen atoms in total. The Morgan fingerprint density at radius 1 is 1.44 bits per heavy atom. The van der Waals surface area contributed by atoms with Crippen LogP contribution in [0.2, 0.25) is 0 Å². The fraction of sp³-hybridized carbons (Fsp3) is 0.357. The highest BCUT2D eigenvalue weighted by atomic mass is 16.5. The third-order valence-electron chi connectivity index (χ3n) is 2.90. The summed E-state index contributed by atoms with van der Waals surface area (Å²) in [5, 5.41) is 0. The van der Waals surface area contributed by atoms with Crippen LogP contribution in [0, 0.1) is 11.8 Å². The molecule has 0 heterocycles. The number of carbonyl (C=O) groups is 1. The van der Waals surface area contributed by atoms with Gasteiger partial charge in [0.15, 0.2) is 0 Å². The average Bonchev–Trinajstić information content (AvgIpc) is 2.35. The van der Waals surface area contributed by atoms with Gasteiger partial charge in [-0.2, -0.15) is 0 Å². The smallest absolute Gasteiger partial charge is 0.384 e. The molecule has 82 valence electrons. The SMILES string of the molecule is COC(=O)C#CC1CCCc2ccccc21. The third kappa shape index (κ3) is 2.25. The highest BCUT2D eigenvalue weighted by Crippen LogP contribution is 2.30. The summed E-state index contributed by atoms with van der Waals surface area (Å²) in [7, 11) is 1.35. The minimum Gasteiger partial charge on any atom is -0.459 e. The van der Waals surface area contributed by atoms with Crippen molar-refractivity contribution in [1.29, 1.82) is 0 Å². The van der Waals surface area contributed by atoms with E-state index in [-0.39, 0.29) is 5.92 Å². The lowest BCUT2D eigenvalue weighted by atomic mass is 9.83. The summed E-state index contributed by atoms with van der Waals surface area (Å²) in [5.74, 6) is 5.26. The molecule has 1 aliphatic carbocycles. The molecule has 0 amide bonds. The predicted molar refractivity (Wildman–Crippen MR) is 61.9 cm³/mol. The maximum atomic E-state index is 11.0. The number of carbonyl (C=O) groups excluding carboxylic acids is 1. The van der Waals surface area contributed by atoms with E-state index in [0.717, 1.165) is 19.3 Å². The Balaban J connectivity index is 2.24. The van der Waals surface area contributed by atoms with E-state index in [1.54, 1.807) is 0 Å². The van der Waals surface area contributed by atoms with E-state index in [9.17, 15) is 4.79 Å². The summed E-state index contributed by atoms with van der Waals surface area (Å²) in [6.07, 6.45) is 3.28. The number of rotatable bonds is 0. The van der Waals surface area contributed by atoms with E-state index in [2.05, 4.69) is 34.8 Å². The van der Waals surface area contributed by atoms with Crippen molar-refractivity contribution in [1.82, 2.24) is 0 Å². The number of aryl methyl sites for hydroxylation is 1. The molecule has 1 aromatic carbocycles. The van der Waals surface area contributed by atoms with Gasteiger partial charge in [-0.15, -0.1) is 0 Å². The normalized spacial score (nSPS) is 17.9. The second-order valence-corrected chi connectivity index (χ2v) is 3.90. The van der Waals surface area contributed by atoms with Gasteiger partial charge in [0.2, 0.25) is 0 Å². The molecule has 0 radical (unpaired) electrons. The number of hydrogen-bond donors (Lipinski definition) is 0. The topological polar surface area (TPSA) is 26.3 Å². The van der Waals surface area contributed by atoms with Crippen LogP contribution in [-0.2, 0) is 16.0 Å². The van der Waals surface area contributed by atoms with E-state index in [1.165, 1.54) is 18.2 Å². The molecule has 0 fully saturated rings. The van der Waals surface area contributed by atoms with Gasteiger partial charge in [-0.3, -0.25) is 0 Å². The third-order valence-corrected chi connectivity index (χ3v) is 2.90. The van der Waals surface area contributed by atoms with Crippen LogP contribution in [0.25, 0.3) is 0 Å². The first kappa shape index (κ1) is 10.8. The quantitative estimate of drug-likeness (QED) is 0.376. The van der Waals surface area contributed by atoms with Gasteiger partial charge < -0.3 is 4.74 Å². The number of esters is 1. The molecule has 0 saturated heterocycles. The van der Waals surface area contributed by atoms with Crippen molar-refractivity contribution in [2.75, 3.05) is 7.11 Å². The van der Waals surface area contributed by atoms with Crippen LogP contribution in [0.5, 0.6) is 0 Å². The molecule has 2 rings (SSSR count). The lowest BCUT2D eigenvalue weighted by molar-refractivity contribution is -0.133. The zero-order chi connectivity index (χ0) is 11.4. The van der Waals surface area contributed by atoms with Crippen LogP contribution in [0.3, 0.4) is 0 Å². The molecule has 1 atom stereocenters. The molecule has 16 heavy (non-hydrogen) atoms. The lowest BCUT2D eigenvalue weighted by Crippen LogP contribution is -2.08. The predicted octanol–water partition coefficient (Wildman–Crippen LogP) is 2.28. The van der Waals surface area contributed by atoms with E-state index < -0.39 is 5.97 Å². The molecule has 0 spiro atoms. The summed E-state index contributed by atoms with van der Waals surface area (Å²) in [6, 6.07) is 8.32. The van der Waals surface area contributed by atoms with Crippen molar-refractivity contribution in [2.45, 2.75) is 25.2 Å². The molecule has 0 saturated carbocycles. The van der Waals surface area contributed by atoms with Gasteiger partial charge in [0.05, 0.1) is 7.11 Å². The second-order valence-electron chi connectivity index (χ2n) is 3.90. The Morgan fingerprint density at radius 3 is 3.06 bits per heavy atom. The fourth-order valence-electron chi connectivity index (χ4n) is 2.10. The van der Waals surface area contributed by atoms with Crippen molar-refractivity contribution >= 4 is 5.97 Å². The largest absolute Gasteiger partial charge is 0.459 e. The van der Waals surface area contributed by atoms with Crippen LogP contribution in [0.4, 0.5) is 0 Å². The number of fused-ring (bicyclic) bond motifs is 1. The Hall–Kier alpha value is -1.75. The van der Waals surface area contributed by atoms with Crippen molar-refractivity contribution < 1.29 is 9.53 Å². The molecule has 1 aliphatic rings. The molecule has 0 aliphatic heterocycles. The Labute approximate surface area is 95.6 Å². The zero-order valence-electron chi connectivity index (χ0n) is 9.32. The van der Waals surface area contributed by atoms with Gasteiger partial charge in [-0.1, -0.05) is 30.2 Å². The lowest BCUT2D eigenvalue weighted by Gasteiger charge is -2.20. The number of methoxy groups -OCH3 is 1. The second kappa shape index (κ2) is 4.85. The first-order valence-electron chi connectivity index (χ1n) is 5.48. The molecule has 2 heteroatoms. The van der Waals surface area contributed by atoms with Crippen LogP contribution < -0.4 is 0 Å². The number of benzene rings is 1. The van der Waals surface area contributed by atoms with Crippen molar-refractivity contribution in [2.24, 2.45) is 0 Å². The van der Waals surface area contributed by atoms with Crippen molar-refractivity contribution in [3.63, 3.8) is 0 Å². The summed E-state index contributed by atoms with van der Waals surface area (Å²) < 4.78 is 4.52. The van der Waals surface area contributed by atoms with E-state index in [0.29, 0.717) is 0 Å². The minimum absolute atomic E-state index is 0.184. The zero-order valence-corrected chi connectivity index (χ0v) is 9.32. The van der Waals surface area contributed by atoms with E-state index in [4.69, 9.17) is 0 Å².